The standard InChI is InChI=1S/C15H11FN2O2/c1-3-9-5-4-6-10(7-9)13-11(16)8-12(17)14(18-13)15(19)20-2/h1,4-8H,17H2,2H3. The number of hydrogen-bond donors (Lipinski definition) is 1. The van der Waals surface area contributed by atoms with Crippen LogP contribution in [0.2, 0.25) is 0 Å². The molecule has 0 aliphatic heterocycles. The maximum absolute atomic E-state index is 14.0. The topological polar surface area (TPSA) is 65.2 Å². The fourth-order valence-electron chi connectivity index (χ4n) is 1.72. The van der Waals surface area contributed by atoms with Gasteiger partial charge in [-0.2, -0.15) is 0 Å². The Morgan fingerprint density at radius 3 is 2.85 bits per heavy atom. The first-order valence-corrected chi connectivity index (χ1v) is 5.68. The molecule has 0 spiro atoms. The third-order valence-electron chi connectivity index (χ3n) is 2.69. The van der Waals surface area contributed by atoms with Crippen molar-refractivity contribution in [3.63, 3.8) is 0 Å². The van der Waals surface area contributed by atoms with Crippen molar-refractivity contribution in [1.82, 2.24) is 4.98 Å². The summed E-state index contributed by atoms with van der Waals surface area (Å²) >= 11 is 0. The van der Waals surface area contributed by atoms with Crippen LogP contribution in [0.5, 0.6) is 0 Å². The number of methoxy groups -OCH3 is 1. The zero-order valence-electron chi connectivity index (χ0n) is 10.7. The van der Waals surface area contributed by atoms with Crippen LogP contribution in [-0.4, -0.2) is 18.1 Å². The number of hydrogen-bond acceptors (Lipinski definition) is 4. The van der Waals surface area contributed by atoms with Crippen LogP contribution in [0.15, 0.2) is 30.3 Å². The first kappa shape index (κ1) is 13.6. The molecule has 0 bridgehead atoms. The van der Waals surface area contributed by atoms with E-state index in [1.54, 1.807) is 24.3 Å². The van der Waals surface area contributed by atoms with Crippen LogP contribution in [0.25, 0.3) is 11.3 Å². The first-order valence-electron chi connectivity index (χ1n) is 5.68. The number of nitrogens with two attached hydrogens (primary N) is 1. The summed E-state index contributed by atoms with van der Waals surface area (Å²) < 4.78 is 18.5. The molecule has 2 rings (SSSR count). The summed E-state index contributed by atoms with van der Waals surface area (Å²) in [4.78, 5) is 15.5. The Morgan fingerprint density at radius 2 is 2.20 bits per heavy atom. The fourth-order valence-corrected chi connectivity index (χ4v) is 1.72. The van der Waals surface area contributed by atoms with Crippen LogP contribution in [0.1, 0.15) is 16.1 Å². The predicted molar refractivity (Wildman–Crippen MR) is 73.3 cm³/mol. The van der Waals surface area contributed by atoms with Gasteiger partial charge in [0.15, 0.2) is 11.5 Å². The van der Waals surface area contributed by atoms with E-state index in [0.29, 0.717) is 11.1 Å². The van der Waals surface area contributed by atoms with E-state index in [0.717, 1.165) is 6.07 Å². The highest BCUT2D eigenvalue weighted by atomic mass is 19.1. The Kier molecular flexibility index (Phi) is 3.67. The maximum Gasteiger partial charge on any atom is 0.358 e. The number of aromatic nitrogens is 1. The molecule has 2 aromatic rings. The lowest BCUT2D eigenvalue weighted by atomic mass is 10.1. The number of pyridine rings is 1. The quantitative estimate of drug-likeness (QED) is 0.671. The zero-order valence-corrected chi connectivity index (χ0v) is 10.7. The van der Waals surface area contributed by atoms with Crippen LogP contribution in [-0.2, 0) is 4.74 Å². The SMILES string of the molecule is C#Cc1cccc(-c2nc(C(=O)OC)c(N)cc2F)c1. The molecule has 0 atom stereocenters. The summed E-state index contributed by atoms with van der Waals surface area (Å²) in [5, 5.41) is 0. The molecule has 1 aromatic carbocycles. The van der Waals surface area contributed by atoms with Crippen molar-refractivity contribution in [2.45, 2.75) is 0 Å². The van der Waals surface area contributed by atoms with Gasteiger partial charge in [-0.3, -0.25) is 0 Å². The van der Waals surface area contributed by atoms with E-state index < -0.39 is 11.8 Å². The van der Waals surface area contributed by atoms with Crippen molar-refractivity contribution in [3.05, 3.63) is 47.4 Å². The van der Waals surface area contributed by atoms with Gasteiger partial charge in [-0.05, 0) is 12.1 Å². The molecule has 2 N–H and O–H groups in total. The minimum atomic E-state index is -0.725. The summed E-state index contributed by atoms with van der Waals surface area (Å²) in [6, 6.07) is 7.67. The highest BCUT2D eigenvalue weighted by Gasteiger charge is 2.17. The van der Waals surface area contributed by atoms with Gasteiger partial charge in [0.2, 0.25) is 0 Å². The summed E-state index contributed by atoms with van der Waals surface area (Å²) in [6.45, 7) is 0. The minimum Gasteiger partial charge on any atom is -0.464 e. The predicted octanol–water partition coefficient (Wildman–Crippen LogP) is 2.24. The molecule has 100 valence electrons. The average molecular weight is 270 g/mol. The van der Waals surface area contributed by atoms with E-state index in [2.05, 4.69) is 15.6 Å². The molecule has 0 saturated heterocycles. The van der Waals surface area contributed by atoms with Gasteiger partial charge < -0.3 is 10.5 Å². The van der Waals surface area contributed by atoms with Crippen LogP contribution in [0.4, 0.5) is 10.1 Å². The van der Waals surface area contributed by atoms with Crippen LogP contribution in [0.3, 0.4) is 0 Å². The number of ether oxygens (including phenoxy) is 1. The molecule has 0 unspecified atom stereocenters. The van der Waals surface area contributed by atoms with E-state index in [-0.39, 0.29) is 17.1 Å². The van der Waals surface area contributed by atoms with Crippen LogP contribution >= 0.6 is 0 Å². The van der Waals surface area contributed by atoms with E-state index in [1.165, 1.54) is 7.11 Å². The maximum atomic E-state index is 14.0. The molecule has 1 heterocycles. The average Bonchev–Trinajstić information content (AvgIpc) is 2.46. The summed E-state index contributed by atoms with van der Waals surface area (Å²) in [5.74, 6) is 1.09. The monoisotopic (exact) mass is 270 g/mol. The Hall–Kier alpha value is -2.87. The van der Waals surface area contributed by atoms with Gasteiger partial charge >= 0.3 is 5.97 Å². The Labute approximate surface area is 115 Å². The van der Waals surface area contributed by atoms with Gasteiger partial charge in [0.1, 0.15) is 5.69 Å². The largest absolute Gasteiger partial charge is 0.464 e. The molecule has 0 saturated carbocycles. The van der Waals surface area contributed by atoms with Gasteiger partial charge in [-0.1, -0.05) is 18.1 Å². The molecular formula is C15H11FN2O2. The molecular weight excluding hydrogens is 259 g/mol. The summed E-state index contributed by atoms with van der Waals surface area (Å²) in [6.07, 6.45) is 5.30. The Balaban J connectivity index is 2.62. The van der Waals surface area contributed by atoms with Gasteiger partial charge in [0.05, 0.1) is 12.8 Å². The van der Waals surface area contributed by atoms with Crippen LogP contribution in [0, 0.1) is 18.2 Å². The highest BCUT2D eigenvalue weighted by molar-refractivity contribution is 5.93. The number of benzene rings is 1. The van der Waals surface area contributed by atoms with E-state index in [9.17, 15) is 9.18 Å². The van der Waals surface area contributed by atoms with Crippen molar-refractivity contribution >= 4 is 11.7 Å². The lowest BCUT2D eigenvalue weighted by Gasteiger charge is -2.08. The second-order valence-electron chi connectivity index (χ2n) is 3.97. The smallest absolute Gasteiger partial charge is 0.358 e. The third-order valence-corrected chi connectivity index (χ3v) is 2.69. The molecule has 0 fully saturated rings. The van der Waals surface area contributed by atoms with Crippen molar-refractivity contribution in [1.29, 1.82) is 0 Å². The van der Waals surface area contributed by atoms with Crippen molar-refractivity contribution in [2.75, 3.05) is 12.8 Å². The Bertz CT molecular complexity index is 720. The van der Waals surface area contributed by atoms with Crippen molar-refractivity contribution in [3.8, 4) is 23.6 Å². The molecule has 5 heteroatoms. The third kappa shape index (κ3) is 2.45. The van der Waals surface area contributed by atoms with Gasteiger partial charge in [0, 0.05) is 17.2 Å². The number of nitrogens with zero attached hydrogens (tertiary/aromatic N) is 1. The number of halogens is 1. The number of carbonyl (C=O) groups excluding carboxylic acids is 1. The van der Waals surface area contributed by atoms with Crippen molar-refractivity contribution in [2.24, 2.45) is 0 Å². The number of anilines is 1. The molecule has 0 aliphatic rings. The van der Waals surface area contributed by atoms with E-state index in [4.69, 9.17) is 12.2 Å². The fraction of sp³-hybridized carbons (Fsp3) is 0.0667. The molecule has 0 amide bonds. The van der Waals surface area contributed by atoms with E-state index in [1.807, 2.05) is 0 Å². The second kappa shape index (κ2) is 5.41. The lowest BCUT2D eigenvalue weighted by molar-refractivity contribution is 0.0595. The number of rotatable bonds is 2. The number of esters is 1. The molecule has 0 radical (unpaired) electrons. The minimum absolute atomic E-state index is 0.00306. The van der Waals surface area contributed by atoms with E-state index >= 15 is 0 Å². The van der Waals surface area contributed by atoms with Crippen molar-refractivity contribution < 1.29 is 13.9 Å². The number of carbonyl (C=O) groups is 1. The molecule has 20 heavy (non-hydrogen) atoms. The van der Waals surface area contributed by atoms with Crippen LogP contribution < -0.4 is 5.73 Å². The Morgan fingerprint density at radius 1 is 1.45 bits per heavy atom. The molecule has 1 aromatic heterocycles. The second-order valence-corrected chi connectivity index (χ2v) is 3.97. The van der Waals surface area contributed by atoms with Gasteiger partial charge in [0.25, 0.3) is 0 Å². The molecule has 0 aliphatic carbocycles. The zero-order chi connectivity index (χ0) is 14.7. The van der Waals surface area contributed by atoms with Gasteiger partial charge in [-0.15, -0.1) is 6.42 Å². The lowest BCUT2D eigenvalue weighted by Crippen LogP contribution is -2.10. The summed E-state index contributed by atoms with van der Waals surface area (Å²) in [5.41, 5.74) is 6.40. The van der Waals surface area contributed by atoms with Gasteiger partial charge in [-0.25, -0.2) is 14.2 Å². The first-order chi connectivity index (χ1) is 9.56. The number of nitrogen functional groups attached to an aromatic ring is 1. The normalized spacial score (nSPS) is 9.85. The summed E-state index contributed by atoms with van der Waals surface area (Å²) in [7, 11) is 1.20. The number of terminal acetylenes is 1. The highest BCUT2D eigenvalue weighted by Crippen LogP contribution is 2.25. The molecule has 4 nitrogen and oxygen atoms in total.